The second-order valence-electron chi connectivity index (χ2n) is 4.90. The summed E-state index contributed by atoms with van der Waals surface area (Å²) in [7, 11) is 3.82. The van der Waals surface area contributed by atoms with E-state index < -0.39 is 0 Å². The predicted octanol–water partition coefficient (Wildman–Crippen LogP) is 3.24. The highest BCUT2D eigenvalue weighted by molar-refractivity contribution is 6.29. The summed E-state index contributed by atoms with van der Waals surface area (Å²) in [5.74, 6) is 1.68. The van der Waals surface area contributed by atoms with E-state index in [9.17, 15) is 0 Å². The zero-order chi connectivity index (χ0) is 14.7. The number of halogens is 1. The van der Waals surface area contributed by atoms with Gasteiger partial charge in [-0.3, -0.25) is 0 Å². The number of aryl methyl sites for hydroxylation is 1. The molecule has 0 aliphatic carbocycles. The number of hydrogen-bond acceptors (Lipinski definition) is 3. The molecule has 1 atom stereocenters. The molecule has 1 unspecified atom stereocenters. The van der Waals surface area contributed by atoms with Gasteiger partial charge in [-0.05, 0) is 27.0 Å². The third-order valence-corrected chi connectivity index (χ3v) is 3.80. The number of aromatic nitrogens is 2. The van der Waals surface area contributed by atoms with Crippen LogP contribution in [0, 0.1) is 6.92 Å². The molecule has 1 N–H and O–H groups in total. The predicted molar refractivity (Wildman–Crippen MR) is 81.2 cm³/mol. The molecule has 0 amide bonds. The second-order valence-corrected chi connectivity index (χ2v) is 5.28. The highest BCUT2D eigenvalue weighted by Gasteiger charge is 2.12. The van der Waals surface area contributed by atoms with Crippen molar-refractivity contribution in [3.05, 3.63) is 46.5 Å². The quantitative estimate of drug-likeness (QED) is 0.920. The van der Waals surface area contributed by atoms with Crippen molar-refractivity contribution in [2.24, 2.45) is 7.05 Å². The van der Waals surface area contributed by atoms with Crippen molar-refractivity contribution < 1.29 is 4.74 Å². The first-order chi connectivity index (χ1) is 9.52. The average molecular weight is 294 g/mol. The molecule has 0 aliphatic rings. The monoisotopic (exact) mass is 293 g/mol. The van der Waals surface area contributed by atoms with E-state index in [1.165, 1.54) is 5.56 Å². The van der Waals surface area contributed by atoms with Gasteiger partial charge in [-0.1, -0.05) is 29.3 Å². The van der Waals surface area contributed by atoms with Gasteiger partial charge in [0.15, 0.2) is 0 Å². The van der Waals surface area contributed by atoms with Crippen LogP contribution in [0.2, 0.25) is 5.15 Å². The van der Waals surface area contributed by atoms with Gasteiger partial charge in [0.05, 0.1) is 6.20 Å². The third-order valence-electron chi connectivity index (χ3n) is 3.45. The molecule has 5 heteroatoms. The van der Waals surface area contributed by atoms with Crippen LogP contribution < -0.4 is 10.1 Å². The molecule has 0 bridgehead atoms. The van der Waals surface area contributed by atoms with Gasteiger partial charge in [0.2, 0.25) is 0 Å². The SMILES string of the molecule is CNC(C)c1cc(C)ccc1OCc1ncc(Cl)n1C. The number of benzene rings is 1. The summed E-state index contributed by atoms with van der Waals surface area (Å²) in [4.78, 5) is 4.23. The fraction of sp³-hybridized carbons (Fsp3) is 0.400. The molecule has 0 radical (unpaired) electrons. The summed E-state index contributed by atoms with van der Waals surface area (Å²) in [6, 6.07) is 6.42. The lowest BCUT2D eigenvalue weighted by atomic mass is 10.0. The molecule has 108 valence electrons. The lowest BCUT2D eigenvalue weighted by Crippen LogP contribution is -2.14. The first-order valence-electron chi connectivity index (χ1n) is 6.59. The molecule has 0 fully saturated rings. The van der Waals surface area contributed by atoms with Crippen LogP contribution in [0.4, 0.5) is 0 Å². The number of rotatable bonds is 5. The molecular formula is C15H20ClN3O. The minimum Gasteiger partial charge on any atom is -0.485 e. The molecule has 1 aromatic heterocycles. The van der Waals surface area contributed by atoms with Crippen LogP contribution in [-0.2, 0) is 13.7 Å². The van der Waals surface area contributed by atoms with Crippen LogP contribution in [0.3, 0.4) is 0 Å². The summed E-state index contributed by atoms with van der Waals surface area (Å²) in [5, 5.41) is 3.85. The molecule has 1 heterocycles. The van der Waals surface area contributed by atoms with Crippen molar-refractivity contribution in [2.45, 2.75) is 26.5 Å². The van der Waals surface area contributed by atoms with Gasteiger partial charge in [0.25, 0.3) is 0 Å². The number of hydrogen-bond donors (Lipinski definition) is 1. The summed E-state index contributed by atoms with van der Waals surface area (Å²) in [6.45, 7) is 4.59. The maximum atomic E-state index is 5.97. The van der Waals surface area contributed by atoms with Crippen LogP contribution in [-0.4, -0.2) is 16.6 Å². The fourth-order valence-electron chi connectivity index (χ4n) is 1.99. The largest absolute Gasteiger partial charge is 0.485 e. The molecule has 20 heavy (non-hydrogen) atoms. The molecule has 0 saturated carbocycles. The highest BCUT2D eigenvalue weighted by atomic mass is 35.5. The van der Waals surface area contributed by atoms with Gasteiger partial charge in [-0.15, -0.1) is 0 Å². The number of nitrogens with zero attached hydrogens (tertiary/aromatic N) is 2. The average Bonchev–Trinajstić information content (AvgIpc) is 2.76. The topological polar surface area (TPSA) is 39.1 Å². The summed E-state index contributed by atoms with van der Waals surface area (Å²) in [6.07, 6.45) is 1.63. The van der Waals surface area contributed by atoms with Crippen LogP contribution in [0.5, 0.6) is 5.75 Å². The second kappa shape index (κ2) is 6.29. The fourth-order valence-corrected chi connectivity index (χ4v) is 2.14. The Balaban J connectivity index is 2.19. The smallest absolute Gasteiger partial charge is 0.147 e. The molecule has 2 aromatic rings. The normalized spacial score (nSPS) is 12.4. The van der Waals surface area contributed by atoms with Crippen molar-refractivity contribution >= 4 is 11.6 Å². The molecule has 1 aromatic carbocycles. The highest BCUT2D eigenvalue weighted by Crippen LogP contribution is 2.27. The third kappa shape index (κ3) is 3.14. The Bertz CT molecular complexity index is 595. The molecule has 4 nitrogen and oxygen atoms in total. The van der Waals surface area contributed by atoms with Crippen LogP contribution in [0.15, 0.2) is 24.4 Å². The molecule has 0 aliphatic heterocycles. The number of imidazole rings is 1. The van der Waals surface area contributed by atoms with Crippen LogP contribution in [0.1, 0.15) is 29.9 Å². The Hall–Kier alpha value is -1.52. The van der Waals surface area contributed by atoms with Crippen molar-refractivity contribution in [3.63, 3.8) is 0 Å². The van der Waals surface area contributed by atoms with E-state index in [2.05, 4.69) is 30.2 Å². The lowest BCUT2D eigenvalue weighted by Gasteiger charge is -2.17. The number of ether oxygens (including phenoxy) is 1. The van der Waals surface area contributed by atoms with Crippen molar-refractivity contribution in [3.8, 4) is 5.75 Å². The van der Waals surface area contributed by atoms with Crippen molar-refractivity contribution in [2.75, 3.05) is 7.05 Å². The Labute approximate surface area is 124 Å². The van der Waals surface area contributed by atoms with E-state index >= 15 is 0 Å². The Kier molecular flexibility index (Phi) is 4.68. The maximum absolute atomic E-state index is 5.97. The van der Waals surface area contributed by atoms with E-state index in [-0.39, 0.29) is 6.04 Å². The van der Waals surface area contributed by atoms with Crippen molar-refractivity contribution in [1.82, 2.24) is 14.9 Å². The zero-order valence-electron chi connectivity index (χ0n) is 12.3. The van der Waals surface area contributed by atoms with Gasteiger partial charge in [0, 0.05) is 18.7 Å². The summed E-state index contributed by atoms with van der Waals surface area (Å²) < 4.78 is 7.73. The van der Waals surface area contributed by atoms with Crippen LogP contribution in [0.25, 0.3) is 0 Å². The van der Waals surface area contributed by atoms with Gasteiger partial charge < -0.3 is 14.6 Å². The summed E-state index contributed by atoms with van der Waals surface area (Å²) >= 11 is 5.97. The molecule has 0 saturated heterocycles. The van der Waals surface area contributed by atoms with E-state index in [0.717, 1.165) is 17.1 Å². The van der Waals surface area contributed by atoms with E-state index in [1.54, 1.807) is 6.20 Å². The Morgan fingerprint density at radius 3 is 2.80 bits per heavy atom. The molecule has 0 spiro atoms. The first-order valence-corrected chi connectivity index (χ1v) is 6.97. The Morgan fingerprint density at radius 1 is 1.45 bits per heavy atom. The first kappa shape index (κ1) is 14.9. The van der Waals surface area contributed by atoms with Gasteiger partial charge >= 0.3 is 0 Å². The molecular weight excluding hydrogens is 274 g/mol. The van der Waals surface area contributed by atoms with E-state index in [1.807, 2.05) is 30.8 Å². The minimum absolute atomic E-state index is 0.231. The van der Waals surface area contributed by atoms with Gasteiger partial charge in [-0.2, -0.15) is 0 Å². The van der Waals surface area contributed by atoms with E-state index in [4.69, 9.17) is 16.3 Å². The van der Waals surface area contributed by atoms with E-state index in [0.29, 0.717) is 11.8 Å². The van der Waals surface area contributed by atoms with Gasteiger partial charge in [-0.25, -0.2) is 4.98 Å². The van der Waals surface area contributed by atoms with Crippen molar-refractivity contribution in [1.29, 1.82) is 0 Å². The van der Waals surface area contributed by atoms with Crippen LogP contribution >= 0.6 is 11.6 Å². The minimum atomic E-state index is 0.231. The van der Waals surface area contributed by atoms with Gasteiger partial charge in [0.1, 0.15) is 23.3 Å². The number of nitrogens with one attached hydrogen (secondary N) is 1. The zero-order valence-corrected chi connectivity index (χ0v) is 13.0. The summed E-state index contributed by atoms with van der Waals surface area (Å²) in [5.41, 5.74) is 2.36. The Morgan fingerprint density at radius 2 is 2.20 bits per heavy atom. The standard InChI is InChI=1S/C15H20ClN3O/c1-10-5-6-13(12(7-10)11(2)17-3)20-9-15-18-8-14(16)19(15)4/h5-8,11,17H,9H2,1-4H3. The lowest BCUT2D eigenvalue weighted by molar-refractivity contribution is 0.286. The molecule has 2 rings (SSSR count). The maximum Gasteiger partial charge on any atom is 0.147 e.